The average Bonchev–Trinajstić information content (AvgIpc) is 3.08. The molecule has 3 rings (SSSR count). The van der Waals surface area contributed by atoms with Crippen LogP contribution < -0.4 is 10.6 Å². The zero-order valence-electron chi connectivity index (χ0n) is 13.5. The molecule has 3 N–H and O–H groups in total. The predicted molar refractivity (Wildman–Crippen MR) is 92.2 cm³/mol. The third-order valence-corrected chi connectivity index (χ3v) is 4.15. The van der Waals surface area contributed by atoms with Crippen LogP contribution in [0.3, 0.4) is 0 Å². The molecule has 7 heteroatoms. The number of guanidine groups is 1. The van der Waals surface area contributed by atoms with Crippen molar-refractivity contribution >= 4 is 23.1 Å². The van der Waals surface area contributed by atoms with Gasteiger partial charge in [0.2, 0.25) is 0 Å². The molecular formula is C17H19N5O2. The summed E-state index contributed by atoms with van der Waals surface area (Å²) in [6, 6.07) is 2.95. The fourth-order valence-electron chi connectivity index (χ4n) is 2.88. The molecule has 0 saturated carbocycles. The quantitative estimate of drug-likeness (QED) is 0.717. The fraction of sp³-hybridized carbons (Fsp3) is 0.353. The smallest absolute Gasteiger partial charge is 0.261 e. The molecule has 0 radical (unpaired) electrons. The predicted octanol–water partition coefficient (Wildman–Crippen LogP) is 1.35. The van der Waals surface area contributed by atoms with E-state index < -0.39 is 5.91 Å². The zero-order valence-corrected chi connectivity index (χ0v) is 13.5. The third-order valence-electron chi connectivity index (χ3n) is 4.15. The molecule has 0 saturated heterocycles. The van der Waals surface area contributed by atoms with Crippen molar-refractivity contribution in [2.45, 2.75) is 6.42 Å². The summed E-state index contributed by atoms with van der Waals surface area (Å²) in [5.41, 5.74) is 1.95. The molecule has 1 aromatic carbocycles. The summed E-state index contributed by atoms with van der Waals surface area (Å²) in [5.74, 6) is -0.190. The topological polar surface area (TPSA) is 81.3 Å². The molecule has 0 fully saturated rings. The average molecular weight is 325 g/mol. The normalized spacial score (nSPS) is 17.5. The van der Waals surface area contributed by atoms with Crippen LogP contribution in [-0.4, -0.2) is 55.1 Å². The molecule has 24 heavy (non-hydrogen) atoms. The molecule has 1 amide bonds. The van der Waals surface area contributed by atoms with E-state index in [9.17, 15) is 9.90 Å². The van der Waals surface area contributed by atoms with Gasteiger partial charge in [-0.05, 0) is 25.1 Å². The second-order valence-electron chi connectivity index (χ2n) is 5.82. The van der Waals surface area contributed by atoms with Gasteiger partial charge in [0.25, 0.3) is 5.91 Å². The first kappa shape index (κ1) is 16.0. The number of hydrogen-bond donors (Lipinski definition) is 3. The number of aliphatic imine (C=N–C) groups is 1. The lowest BCUT2D eigenvalue weighted by atomic mass is 9.92. The second-order valence-corrected chi connectivity index (χ2v) is 5.82. The van der Waals surface area contributed by atoms with Crippen LogP contribution in [0.15, 0.2) is 23.2 Å². The Morgan fingerprint density at radius 3 is 2.96 bits per heavy atom. The minimum atomic E-state index is -0.457. The molecule has 2 aliphatic heterocycles. The summed E-state index contributed by atoms with van der Waals surface area (Å²) in [4.78, 5) is 22.5. The van der Waals surface area contributed by atoms with Crippen molar-refractivity contribution < 1.29 is 9.90 Å². The molecule has 0 spiro atoms. The minimum absolute atomic E-state index is 0.131. The van der Waals surface area contributed by atoms with Crippen LogP contribution in [0.2, 0.25) is 0 Å². The number of nitrogens with one attached hydrogen (secondary N) is 2. The third kappa shape index (κ3) is 3.09. The first-order chi connectivity index (χ1) is 11.6. The molecule has 2 heterocycles. The summed E-state index contributed by atoms with van der Waals surface area (Å²) in [7, 11) is 2.02. The highest BCUT2D eigenvalue weighted by atomic mass is 16.3. The maximum Gasteiger partial charge on any atom is 0.261 e. The number of amides is 1. The number of phenols is 1. The first-order valence-electron chi connectivity index (χ1n) is 7.81. The molecule has 0 unspecified atom stereocenters. The molecule has 124 valence electrons. The van der Waals surface area contributed by atoms with Gasteiger partial charge in [-0.25, -0.2) is 4.85 Å². The van der Waals surface area contributed by atoms with E-state index in [1.54, 1.807) is 6.07 Å². The monoisotopic (exact) mass is 325 g/mol. The lowest BCUT2D eigenvalue weighted by Gasteiger charge is -2.24. The van der Waals surface area contributed by atoms with Crippen LogP contribution in [-0.2, 0) is 0 Å². The van der Waals surface area contributed by atoms with E-state index in [4.69, 9.17) is 6.57 Å². The minimum Gasteiger partial charge on any atom is -0.507 e. The van der Waals surface area contributed by atoms with Gasteiger partial charge in [-0.3, -0.25) is 15.1 Å². The molecule has 2 aliphatic rings. The van der Waals surface area contributed by atoms with Crippen molar-refractivity contribution in [1.29, 1.82) is 0 Å². The number of nitrogens with zero attached hydrogens (tertiary/aromatic N) is 3. The summed E-state index contributed by atoms with van der Waals surface area (Å²) in [6.07, 6.45) is 2.73. The van der Waals surface area contributed by atoms with E-state index in [1.807, 2.05) is 13.1 Å². The van der Waals surface area contributed by atoms with Gasteiger partial charge in [0, 0.05) is 19.6 Å². The lowest BCUT2D eigenvalue weighted by Crippen LogP contribution is -2.38. The standard InChI is InChI=1S/C17H19N5O2/c1-18-12-3-4-13(23)15(16(24)21-17-19-7-8-20-17)14(12)11-5-9-22(2)10-6-11/h3-5,23H,6-10H2,2H3,(H2,19,20,21,24). The SMILES string of the molecule is [C-]#[N+]c1ccc(O)c(C(=O)NC2=NCCN2)c1C1=CCN(C)CC1. The molecule has 0 aromatic heterocycles. The van der Waals surface area contributed by atoms with Gasteiger partial charge in [0.15, 0.2) is 11.6 Å². The summed E-state index contributed by atoms with van der Waals surface area (Å²) in [5, 5.41) is 15.9. The number of phenolic OH excluding ortho intramolecular Hbond substituents is 1. The lowest BCUT2D eigenvalue weighted by molar-refractivity contribution is 0.0973. The van der Waals surface area contributed by atoms with Crippen LogP contribution in [0.1, 0.15) is 22.3 Å². The van der Waals surface area contributed by atoms with Gasteiger partial charge in [-0.15, -0.1) is 0 Å². The Morgan fingerprint density at radius 2 is 2.33 bits per heavy atom. The van der Waals surface area contributed by atoms with Crippen LogP contribution in [0.5, 0.6) is 5.75 Å². The number of rotatable bonds is 2. The van der Waals surface area contributed by atoms with Crippen molar-refractivity contribution in [3.8, 4) is 5.75 Å². The number of aromatic hydroxyl groups is 1. The van der Waals surface area contributed by atoms with Crippen molar-refractivity contribution in [2.24, 2.45) is 4.99 Å². The van der Waals surface area contributed by atoms with E-state index >= 15 is 0 Å². The van der Waals surface area contributed by atoms with E-state index in [0.29, 0.717) is 30.3 Å². The number of likely N-dealkylation sites (N-methyl/N-ethyl adjacent to an activating group) is 1. The molecule has 7 nitrogen and oxygen atoms in total. The number of benzene rings is 1. The van der Waals surface area contributed by atoms with Crippen LogP contribution in [0.4, 0.5) is 5.69 Å². The molecular weight excluding hydrogens is 306 g/mol. The van der Waals surface area contributed by atoms with Gasteiger partial charge in [0.05, 0.1) is 18.7 Å². The molecule has 0 atom stereocenters. The molecule has 1 aromatic rings. The Hall–Kier alpha value is -2.85. The van der Waals surface area contributed by atoms with Crippen molar-refractivity contribution in [1.82, 2.24) is 15.5 Å². The van der Waals surface area contributed by atoms with Crippen molar-refractivity contribution in [2.75, 3.05) is 33.2 Å². The van der Waals surface area contributed by atoms with Gasteiger partial charge >= 0.3 is 0 Å². The van der Waals surface area contributed by atoms with Crippen molar-refractivity contribution in [3.63, 3.8) is 0 Å². The number of carbonyl (C=O) groups is 1. The summed E-state index contributed by atoms with van der Waals surface area (Å²) >= 11 is 0. The fourth-order valence-corrected chi connectivity index (χ4v) is 2.88. The summed E-state index contributed by atoms with van der Waals surface area (Å²) in [6.45, 7) is 10.3. The molecule has 0 bridgehead atoms. The maximum atomic E-state index is 12.7. The van der Waals surface area contributed by atoms with Crippen molar-refractivity contribution in [3.05, 3.63) is 40.8 Å². The zero-order chi connectivity index (χ0) is 17.1. The van der Waals surface area contributed by atoms with Gasteiger partial charge in [-0.2, -0.15) is 0 Å². The largest absolute Gasteiger partial charge is 0.507 e. The first-order valence-corrected chi connectivity index (χ1v) is 7.81. The Bertz CT molecular complexity index is 776. The maximum absolute atomic E-state index is 12.7. The summed E-state index contributed by atoms with van der Waals surface area (Å²) < 4.78 is 0. The highest BCUT2D eigenvalue weighted by molar-refractivity contribution is 6.11. The van der Waals surface area contributed by atoms with E-state index in [-0.39, 0.29) is 11.3 Å². The number of hydrogen-bond acceptors (Lipinski definition) is 5. The van der Waals surface area contributed by atoms with E-state index in [1.165, 1.54) is 6.07 Å². The van der Waals surface area contributed by atoms with E-state index in [0.717, 1.165) is 25.1 Å². The number of carbonyl (C=O) groups excluding carboxylic acids is 1. The van der Waals surface area contributed by atoms with E-state index in [2.05, 4.69) is 25.4 Å². The van der Waals surface area contributed by atoms with Gasteiger partial charge in [0.1, 0.15) is 5.75 Å². The van der Waals surface area contributed by atoms with Gasteiger partial charge in [-0.1, -0.05) is 17.7 Å². The Kier molecular flexibility index (Phi) is 4.49. The highest BCUT2D eigenvalue weighted by Crippen LogP contribution is 2.37. The van der Waals surface area contributed by atoms with Gasteiger partial charge < -0.3 is 15.3 Å². The highest BCUT2D eigenvalue weighted by Gasteiger charge is 2.24. The van der Waals surface area contributed by atoms with Crippen LogP contribution in [0, 0.1) is 6.57 Å². The Balaban J connectivity index is 2.04. The molecule has 0 aliphatic carbocycles. The van der Waals surface area contributed by atoms with Crippen LogP contribution in [0.25, 0.3) is 10.4 Å². The van der Waals surface area contributed by atoms with Crippen LogP contribution >= 0.6 is 0 Å². The second kappa shape index (κ2) is 6.72. The Morgan fingerprint density at radius 1 is 1.50 bits per heavy atom. The Labute approximate surface area is 140 Å².